The molecule has 1 saturated heterocycles. The molecule has 31 heavy (non-hydrogen) atoms. The zero-order valence-electron chi connectivity index (χ0n) is 17.5. The van der Waals surface area contributed by atoms with E-state index in [0.29, 0.717) is 17.7 Å². The third-order valence-corrected chi connectivity index (χ3v) is 6.11. The number of benzene rings is 2. The Kier molecular flexibility index (Phi) is 7.64. The minimum atomic E-state index is -3.13. The summed E-state index contributed by atoms with van der Waals surface area (Å²) in [6.07, 6.45) is 0.632. The predicted octanol–water partition coefficient (Wildman–Crippen LogP) is 5.45. The van der Waals surface area contributed by atoms with Crippen LogP contribution in [0.3, 0.4) is 0 Å². The molecule has 1 fully saturated rings. The number of nitrogens with zero attached hydrogens (tertiary/aromatic N) is 1. The van der Waals surface area contributed by atoms with Crippen LogP contribution in [0.1, 0.15) is 32.3 Å². The van der Waals surface area contributed by atoms with E-state index in [1.165, 1.54) is 35.2 Å². The summed E-state index contributed by atoms with van der Waals surface area (Å²) >= 11 is 1.15. The van der Waals surface area contributed by atoms with Gasteiger partial charge in [-0.15, -0.1) is 0 Å². The van der Waals surface area contributed by atoms with Crippen molar-refractivity contribution in [1.82, 2.24) is 9.62 Å². The Morgan fingerprint density at radius 2 is 1.94 bits per heavy atom. The minimum Gasteiger partial charge on any atom is -0.331 e. The van der Waals surface area contributed by atoms with Crippen molar-refractivity contribution in [2.24, 2.45) is 0 Å². The van der Waals surface area contributed by atoms with Crippen LogP contribution in [0.25, 0.3) is 11.1 Å². The molecule has 2 aromatic rings. The lowest BCUT2D eigenvalue weighted by Gasteiger charge is -2.28. The van der Waals surface area contributed by atoms with Crippen molar-refractivity contribution in [3.63, 3.8) is 0 Å². The summed E-state index contributed by atoms with van der Waals surface area (Å²) in [7, 11) is 0. The number of carbonyl (C=O) groups is 1. The molecule has 1 N–H and O–H groups in total. The van der Waals surface area contributed by atoms with E-state index in [4.69, 9.17) is 0 Å². The molecule has 0 aromatic heterocycles. The topological polar surface area (TPSA) is 32.3 Å². The van der Waals surface area contributed by atoms with Crippen molar-refractivity contribution in [2.45, 2.75) is 51.1 Å². The fourth-order valence-electron chi connectivity index (χ4n) is 3.94. The van der Waals surface area contributed by atoms with Crippen LogP contribution in [0.5, 0.6) is 0 Å². The lowest BCUT2D eigenvalue weighted by atomic mass is 9.95. The fraction of sp³-hybridized carbons (Fsp3) is 0.435. The first kappa shape index (κ1) is 23.6. The molecule has 0 unspecified atom stereocenters. The number of nitrogens with one attached hydrogen (secondary N) is 1. The minimum absolute atomic E-state index is 0.0675. The van der Waals surface area contributed by atoms with Gasteiger partial charge in [-0.2, -0.15) is 0 Å². The predicted molar refractivity (Wildman–Crippen MR) is 116 cm³/mol. The standard InChI is InChI=1S/C23H26F4N2OS/c1-3-7-20(30)29-14-23(26,27)22(28-31-4-2)19(29)13-16-9-6-11-18(21(16)25)15-8-5-10-17(24)12-15/h5-6,8-12,19,22,28H,3-4,7,13-14H2,1-2H3/t19-,22+/m0/s1. The van der Waals surface area contributed by atoms with Crippen LogP contribution in [-0.2, 0) is 11.2 Å². The molecule has 3 rings (SSSR count). The quantitative estimate of drug-likeness (QED) is 0.426. The second kappa shape index (κ2) is 10.0. The SMILES string of the molecule is CCCC(=O)N1CC(F)(F)[C@H](NSCC)[C@@H]1Cc1cccc(-c2cccc(F)c2)c1F. The van der Waals surface area contributed by atoms with Crippen LogP contribution in [0.15, 0.2) is 42.5 Å². The van der Waals surface area contributed by atoms with E-state index in [1.54, 1.807) is 12.1 Å². The summed E-state index contributed by atoms with van der Waals surface area (Å²) in [5, 5.41) is 0. The maximum atomic E-state index is 15.4. The number of hydrogen-bond acceptors (Lipinski definition) is 3. The Balaban J connectivity index is 1.96. The molecule has 8 heteroatoms. The third kappa shape index (κ3) is 5.23. The molecule has 2 aromatic carbocycles. The summed E-state index contributed by atoms with van der Waals surface area (Å²) in [6.45, 7) is 2.96. The lowest BCUT2D eigenvalue weighted by molar-refractivity contribution is -0.133. The van der Waals surface area contributed by atoms with Crippen molar-refractivity contribution < 1.29 is 22.4 Å². The van der Waals surface area contributed by atoms with Crippen LogP contribution in [-0.4, -0.2) is 41.1 Å². The Bertz CT molecular complexity index is 924. The Morgan fingerprint density at radius 1 is 1.19 bits per heavy atom. The first-order valence-electron chi connectivity index (χ1n) is 10.4. The zero-order valence-corrected chi connectivity index (χ0v) is 18.3. The molecule has 0 radical (unpaired) electrons. The van der Waals surface area contributed by atoms with Gasteiger partial charge in [-0.25, -0.2) is 17.6 Å². The van der Waals surface area contributed by atoms with Crippen molar-refractivity contribution in [3.8, 4) is 11.1 Å². The van der Waals surface area contributed by atoms with E-state index in [2.05, 4.69) is 4.72 Å². The Hall–Kier alpha value is -2.06. The number of hydrogen-bond donors (Lipinski definition) is 1. The maximum absolute atomic E-state index is 15.4. The van der Waals surface area contributed by atoms with Gasteiger partial charge in [-0.05, 0) is 36.1 Å². The summed E-state index contributed by atoms with van der Waals surface area (Å²) < 4.78 is 61.4. The summed E-state index contributed by atoms with van der Waals surface area (Å²) in [5.41, 5.74) is 0.777. The Labute approximate surface area is 184 Å². The van der Waals surface area contributed by atoms with Gasteiger partial charge >= 0.3 is 0 Å². The van der Waals surface area contributed by atoms with E-state index >= 15 is 4.39 Å². The molecular formula is C23H26F4N2OS. The lowest BCUT2D eigenvalue weighted by Crippen LogP contribution is -2.48. The fourth-order valence-corrected chi connectivity index (χ4v) is 4.62. The molecule has 0 bridgehead atoms. The van der Waals surface area contributed by atoms with E-state index in [0.717, 1.165) is 11.9 Å². The molecule has 1 aliphatic rings. The van der Waals surface area contributed by atoms with Crippen molar-refractivity contribution in [3.05, 3.63) is 59.7 Å². The summed E-state index contributed by atoms with van der Waals surface area (Å²) in [4.78, 5) is 13.8. The maximum Gasteiger partial charge on any atom is 0.283 e. The second-order valence-corrected chi connectivity index (χ2v) is 8.72. The molecule has 1 heterocycles. The molecule has 0 spiro atoms. The summed E-state index contributed by atoms with van der Waals surface area (Å²) in [6, 6.07) is 8.06. The van der Waals surface area contributed by atoms with Crippen molar-refractivity contribution >= 4 is 17.9 Å². The molecule has 0 aliphatic carbocycles. The second-order valence-electron chi connectivity index (χ2n) is 7.62. The van der Waals surface area contributed by atoms with Gasteiger partial charge in [0.1, 0.15) is 17.7 Å². The number of likely N-dealkylation sites (tertiary alicyclic amines) is 1. The van der Waals surface area contributed by atoms with Crippen LogP contribution in [0, 0.1) is 11.6 Å². The first-order chi connectivity index (χ1) is 14.8. The molecular weight excluding hydrogens is 428 g/mol. The summed E-state index contributed by atoms with van der Waals surface area (Å²) in [5.74, 6) is -4.00. The van der Waals surface area contributed by atoms with Crippen molar-refractivity contribution in [1.29, 1.82) is 0 Å². The highest BCUT2D eigenvalue weighted by molar-refractivity contribution is 7.97. The van der Waals surface area contributed by atoms with E-state index in [9.17, 15) is 18.0 Å². The molecule has 3 nitrogen and oxygen atoms in total. The smallest absolute Gasteiger partial charge is 0.283 e. The van der Waals surface area contributed by atoms with Gasteiger partial charge in [0.2, 0.25) is 5.91 Å². The normalized spacial score (nSPS) is 20.3. The van der Waals surface area contributed by atoms with Gasteiger partial charge in [-0.1, -0.05) is 56.1 Å². The van der Waals surface area contributed by atoms with Gasteiger partial charge < -0.3 is 4.90 Å². The van der Waals surface area contributed by atoms with Crippen LogP contribution < -0.4 is 4.72 Å². The van der Waals surface area contributed by atoms with Crippen LogP contribution in [0.4, 0.5) is 17.6 Å². The van der Waals surface area contributed by atoms with Crippen LogP contribution >= 0.6 is 11.9 Å². The molecule has 168 valence electrons. The number of carbonyl (C=O) groups excluding carboxylic acids is 1. The molecule has 1 aliphatic heterocycles. The highest BCUT2D eigenvalue weighted by Gasteiger charge is 2.55. The van der Waals surface area contributed by atoms with E-state index in [-0.39, 0.29) is 29.9 Å². The molecule has 2 atom stereocenters. The monoisotopic (exact) mass is 454 g/mol. The Morgan fingerprint density at radius 3 is 2.61 bits per heavy atom. The average molecular weight is 455 g/mol. The molecule has 1 amide bonds. The van der Waals surface area contributed by atoms with Gasteiger partial charge in [0.25, 0.3) is 5.92 Å². The molecule has 0 saturated carbocycles. The highest BCUT2D eigenvalue weighted by atomic mass is 32.2. The number of alkyl halides is 2. The first-order valence-corrected chi connectivity index (χ1v) is 11.3. The van der Waals surface area contributed by atoms with Gasteiger partial charge in [0.15, 0.2) is 0 Å². The highest BCUT2D eigenvalue weighted by Crippen LogP contribution is 2.37. The number of rotatable bonds is 8. The van der Waals surface area contributed by atoms with E-state index in [1.807, 2.05) is 13.8 Å². The van der Waals surface area contributed by atoms with E-state index < -0.39 is 36.2 Å². The largest absolute Gasteiger partial charge is 0.331 e. The van der Waals surface area contributed by atoms with Gasteiger partial charge in [0.05, 0.1) is 12.6 Å². The van der Waals surface area contributed by atoms with Crippen LogP contribution in [0.2, 0.25) is 0 Å². The van der Waals surface area contributed by atoms with Crippen molar-refractivity contribution in [2.75, 3.05) is 12.3 Å². The average Bonchev–Trinajstić information content (AvgIpc) is 2.98. The number of halogens is 4. The zero-order chi connectivity index (χ0) is 22.6. The number of amides is 1. The van der Waals surface area contributed by atoms with Gasteiger partial charge in [-0.3, -0.25) is 9.52 Å². The van der Waals surface area contributed by atoms with Gasteiger partial charge in [0, 0.05) is 17.7 Å². The third-order valence-electron chi connectivity index (χ3n) is 5.40.